The smallest absolute Gasteiger partial charge is 0.161 e. The third kappa shape index (κ3) is 3.98. The van der Waals surface area contributed by atoms with Gasteiger partial charge in [-0.2, -0.15) is 0 Å². The van der Waals surface area contributed by atoms with E-state index in [1.807, 2.05) is 12.1 Å². The second-order valence-electron chi connectivity index (χ2n) is 7.13. The lowest BCUT2D eigenvalue weighted by Crippen LogP contribution is -2.17. The molecule has 0 spiro atoms. The van der Waals surface area contributed by atoms with Crippen molar-refractivity contribution in [1.82, 2.24) is 4.98 Å². The first-order valence-electron chi connectivity index (χ1n) is 9.40. The number of nitrogens with zero attached hydrogens (tertiary/aromatic N) is 1. The van der Waals surface area contributed by atoms with Crippen LogP contribution in [-0.4, -0.2) is 18.2 Å². The quantitative estimate of drug-likeness (QED) is 0.841. The highest BCUT2D eigenvalue weighted by atomic mass is 32.1. The van der Waals surface area contributed by atoms with E-state index in [9.17, 15) is 0 Å². The normalized spacial score (nSPS) is 19.4. The predicted octanol–water partition coefficient (Wildman–Crippen LogP) is 4.94. The number of hydrogen-bond donors (Lipinski definition) is 1. The highest BCUT2D eigenvalue weighted by Crippen LogP contribution is 2.36. The van der Waals surface area contributed by atoms with Crippen LogP contribution in [0.5, 0.6) is 11.5 Å². The maximum absolute atomic E-state index is 6.45. The van der Waals surface area contributed by atoms with E-state index in [4.69, 9.17) is 20.2 Å². The number of benzene rings is 1. The van der Waals surface area contributed by atoms with E-state index >= 15 is 0 Å². The molecule has 1 fully saturated rings. The van der Waals surface area contributed by atoms with Crippen molar-refractivity contribution < 1.29 is 9.47 Å². The fraction of sp³-hybridized carbons (Fsp3) is 0.550. The van der Waals surface area contributed by atoms with Crippen LogP contribution in [0.3, 0.4) is 0 Å². The highest BCUT2D eigenvalue weighted by molar-refractivity contribution is 7.10. The number of thiazole rings is 1. The van der Waals surface area contributed by atoms with Crippen molar-refractivity contribution >= 4 is 11.3 Å². The summed E-state index contributed by atoms with van der Waals surface area (Å²) in [5.41, 5.74) is 8.50. The molecule has 1 saturated carbocycles. The highest BCUT2D eigenvalue weighted by Gasteiger charge is 2.20. The lowest BCUT2D eigenvalue weighted by molar-refractivity contribution is 0.297. The molecule has 0 saturated heterocycles. The molecular formula is C20H26N2O2S. The second-order valence-corrected chi connectivity index (χ2v) is 8.02. The van der Waals surface area contributed by atoms with Crippen molar-refractivity contribution in [2.24, 2.45) is 11.7 Å². The Hall–Kier alpha value is -1.59. The molecule has 0 radical (unpaired) electrons. The van der Waals surface area contributed by atoms with Gasteiger partial charge in [-0.15, -0.1) is 11.3 Å². The summed E-state index contributed by atoms with van der Waals surface area (Å²) >= 11 is 1.67. The number of aromatic nitrogens is 1. The topological polar surface area (TPSA) is 57.4 Å². The van der Waals surface area contributed by atoms with Gasteiger partial charge in [-0.05, 0) is 30.5 Å². The van der Waals surface area contributed by atoms with Gasteiger partial charge < -0.3 is 15.2 Å². The minimum Gasteiger partial charge on any atom is -0.490 e. The van der Waals surface area contributed by atoms with Gasteiger partial charge in [-0.1, -0.05) is 32.1 Å². The van der Waals surface area contributed by atoms with Crippen molar-refractivity contribution in [1.29, 1.82) is 0 Å². The second kappa shape index (κ2) is 7.75. The molecule has 4 nitrogen and oxygen atoms in total. The first-order valence-corrected chi connectivity index (χ1v) is 10.3. The van der Waals surface area contributed by atoms with E-state index in [-0.39, 0.29) is 6.04 Å². The molecule has 25 heavy (non-hydrogen) atoms. The molecule has 134 valence electrons. The van der Waals surface area contributed by atoms with E-state index in [1.54, 1.807) is 11.3 Å². The first kappa shape index (κ1) is 16.9. The summed E-state index contributed by atoms with van der Waals surface area (Å²) in [6.45, 7) is 1.41. The van der Waals surface area contributed by atoms with Crippen LogP contribution >= 0.6 is 11.3 Å². The molecule has 1 aromatic heterocycles. The average molecular weight is 359 g/mol. The fourth-order valence-corrected chi connectivity index (χ4v) is 4.64. The molecule has 0 bridgehead atoms. The predicted molar refractivity (Wildman–Crippen MR) is 101 cm³/mol. The van der Waals surface area contributed by atoms with E-state index < -0.39 is 0 Å². The van der Waals surface area contributed by atoms with Gasteiger partial charge >= 0.3 is 0 Å². The van der Waals surface area contributed by atoms with E-state index in [0.717, 1.165) is 46.5 Å². The molecule has 5 heteroatoms. The zero-order chi connectivity index (χ0) is 17.1. The van der Waals surface area contributed by atoms with Crippen LogP contribution in [0, 0.1) is 5.92 Å². The monoisotopic (exact) mass is 358 g/mol. The Bertz CT molecular complexity index is 709. The lowest BCUT2D eigenvalue weighted by atomic mass is 9.85. The van der Waals surface area contributed by atoms with Crippen LogP contribution < -0.4 is 15.2 Å². The van der Waals surface area contributed by atoms with Crippen LogP contribution in [-0.2, 0) is 0 Å². The van der Waals surface area contributed by atoms with Crippen LogP contribution in [0.1, 0.15) is 56.0 Å². The third-order valence-corrected chi connectivity index (χ3v) is 6.17. The first-order chi connectivity index (χ1) is 12.3. The molecule has 1 atom stereocenters. The maximum Gasteiger partial charge on any atom is 0.161 e. The van der Waals surface area contributed by atoms with Crippen molar-refractivity contribution in [3.8, 4) is 22.8 Å². The van der Waals surface area contributed by atoms with Crippen molar-refractivity contribution in [3.05, 3.63) is 28.6 Å². The minimum absolute atomic E-state index is 0.0576. The van der Waals surface area contributed by atoms with Gasteiger partial charge in [0, 0.05) is 17.4 Å². The molecule has 2 N–H and O–H groups in total. The summed E-state index contributed by atoms with van der Waals surface area (Å²) in [4.78, 5) is 4.82. The fourth-order valence-electron chi connectivity index (χ4n) is 3.80. The molecule has 1 unspecified atom stereocenters. The summed E-state index contributed by atoms with van der Waals surface area (Å²) in [7, 11) is 0. The van der Waals surface area contributed by atoms with Gasteiger partial charge in [0.15, 0.2) is 11.5 Å². The average Bonchev–Trinajstić information content (AvgIpc) is 3.02. The molecule has 1 aromatic carbocycles. The molecule has 1 aliphatic heterocycles. The SMILES string of the molecule is NC(CC1CCCCC1)c1nc(-c2ccc3c(c2)OCCCO3)cs1. The largest absolute Gasteiger partial charge is 0.490 e. The zero-order valence-electron chi connectivity index (χ0n) is 14.6. The van der Waals surface area contributed by atoms with Gasteiger partial charge in [-0.3, -0.25) is 0 Å². The van der Waals surface area contributed by atoms with Gasteiger partial charge in [0.1, 0.15) is 5.01 Å². The number of fused-ring (bicyclic) bond motifs is 1. The van der Waals surface area contributed by atoms with Gasteiger partial charge in [0.25, 0.3) is 0 Å². The van der Waals surface area contributed by atoms with Crippen LogP contribution in [0.4, 0.5) is 0 Å². The zero-order valence-corrected chi connectivity index (χ0v) is 15.4. The molecule has 4 rings (SSSR count). The summed E-state index contributed by atoms with van der Waals surface area (Å²) in [5.74, 6) is 2.41. The van der Waals surface area contributed by atoms with Crippen molar-refractivity contribution in [3.63, 3.8) is 0 Å². The van der Waals surface area contributed by atoms with E-state index in [0.29, 0.717) is 13.2 Å². The Kier molecular flexibility index (Phi) is 5.22. The molecule has 1 aliphatic carbocycles. The summed E-state index contributed by atoms with van der Waals surface area (Å²) in [5, 5.41) is 3.16. The minimum atomic E-state index is 0.0576. The Morgan fingerprint density at radius 1 is 1.08 bits per heavy atom. The number of hydrogen-bond acceptors (Lipinski definition) is 5. The third-order valence-electron chi connectivity index (χ3n) is 5.19. The van der Waals surface area contributed by atoms with Gasteiger partial charge in [-0.25, -0.2) is 4.98 Å². The Morgan fingerprint density at radius 3 is 2.72 bits per heavy atom. The molecule has 2 heterocycles. The molecule has 2 aliphatic rings. The summed E-state index contributed by atoms with van der Waals surface area (Å²) in [6.07, 6.45) is 8.74. The van der Waals surface area contributed by atoms with Gasteiger partial charge in [0.2, 0.25) is 0 Å². The maximum atomic E-state index is 6.45. The van der Waals surface area contributed by atoms with E-state index in [2.05, 4.69) is 11.4 Å². The Morgan fingerprint density at radius 2 is 1.88 bits per heavy atom. The molecular weight excluding hydrogens is 332 g/mol. The molecule has 2 aromatic rings. The number of nitrogens with two attached hydrogens (primary N) is 1. The number of ether oxygens (including phenoxy) is 2. The van der Waals surface area contributed by atoms with E-state index in [1.165, 1.54) is 32.1 Å². The summed E-state index contributed by atoms with van der Waals surface area (Å²) in [6, 6.07) is 6.13. The van der Waals surface area contributed by atoms with Crippen LogP contribution in [0.15, 0.2) is 23.6 Å². The summed E-state index contributed by atoms with van der Waals surface area (Å²) < 4.78 is 11.5. The molecule has 0 amide bonds. The van der Waals surface area contributed by atoms with Gasteiger partial charge in [0.05, 0.1) is 24.9 Å². The van der Waals surface area contributed by atoms with Crippen molar-refractivity contribution in [2.45, 2.75) is 51.0 Å². The van der Waals surface area contributed by atoms with Crippen molar-refractivity contribution in [2.75, 3.05) is 13.2 Å². The Labute approximate surface area is 153 Å². The number of rotatable bonds is 4. The Balaban J connectivity index is 1.48. The van der Waals surface area contributed by atoms with Crippen LogP contribution in [0.2, 0.25) is 0 Å². The standard InChI is InChI=1S/C20H26N2O2S/c21-16(11-14-5-2-1-3-6-14)20-22-17(13-25-20)15-7-8-18-19(12-15)24-10-4-9-23-18/h7-8,12-14,16H,1-6,9-11,21H2. The lowest BCUT2D eigenvalue weighted by Gasteiger charge is -2.23. The van der Waals surface area contributed by atoms with Crippen LogP contribution in [0.25, 0.3) is 11.3 Å².